The van der Waals surface area contributed by atoms with E-state index in [4.69, 9.17) is 0 Å². The molecule has 0 radical (unpaired) electrons. The van der Waals surface area contributed by atoms with Crippen LogP contribution >= 0.6 is 11.3 Å². The zero-order valence-corrected chi connectivity index (χ0v) is 18.0. The van der Waals surface area contributed by atoms with Crippen molar-refractivity contribution in [3.05, 3.63) is 65.4 Å². The molecule has 11 heteroatoms. The number of hydrogen-bond acceptors (Lipinski definition) is 6. The van der Waals surface area contributed by atoms with E-state index >= 15 is 0 Å². The predicted octanol–water partition coefficient (Wildman–Crippen LogP) is 3.08. The summed E-state index contributed by atoms with van der Waals surface area (Å²) in [4.78, 5) is 16.2. The summed E-state index contributed by atoms with van der Waals surface area (Å²) in [6, 6.07) is 12.0. The molecule has 0 saturated heterocycles. The Labute approximate surface area is 181 Å². The van der Waals surface area contributed by atoms with E-state index in [2.05, 4.69) is 20.1 Å². The largest absolute Gasteiger partial charge is 0.326 e. The number of aromatic nitrogens is 3. The molecule has 0 bridgehead atoms. The van der Waals surface area contributed by atoms with Gasteiger partial charge in [-0.3, -0.25) is 4.79 Å². The highest BCUT2D eigenvalue weighted by atomic mass is 32.2. The number of nitrogens with zero attached hydrogens (tertiary/aromatic N) is 3. The maximum absolute atomic E-state index is 13.5. The summed E-state index contributed by atoms with van der Waals surface area (Å²) in [5.74, 6) is -0.188. The number of carbonyl (C=O) groups excluding carboxylic acids is 1. The molecule has 2 N–H and O–H groups in total. The molecule has 2 aromatic carbocycles. The number of amides is 1. The van der Waals surface area contributed by atoms with Crippen LogP contribution < -0.4 is 10.0 Å². The maximum Gasteiger partial charge on any atom is 0.240 e. The second-order valence-electron chi connectivity index (χ2n) is 6.72. The number of carbonyl (C=O) groups is 1. The van der Waals surface area contributed by atoms with Crippen LogP contribution in [0.25, 0.3) is 16.3 Å². The summed E-state index contributed by atoms with van der Waals surface area (Å²) < 4.78 is 42.7. The molecule has 8 nitrogen and oxygen atoms in total. The van der Waals surface area contributed by atoms with Crippen molar-refractivity contribution in [2.45, 2.75) is 18.2 Å². The number of benzene rings is 2. The van der Waals surface area contributed by atoms with E-state index in [1.165, 1.54) is 54.7 Å². The molecule has 2 aromatic heterocycles. The van der Waals surface area contributed by atoms with Gasteiger partial charge in [-0.2, -0.15) is 4.98 Å². The van der Waals surface area contributed by atoms with Gasteiger partial charge in [-0.1, -0.05) is 12.1 Å². The summed E-state index contributed by atoms with van der Waals surface area (Å²) in [5.41, 5.74) is 1.89. The molecule has 0 atom stereocenters. The minimum atomic E-state index is -3.70. The Morgan fingerprint density at radius 3 is 2.68 bits per heavy atom. The van der Waals surface area contributed by atoms with Crippen molar-refractivity contribution in [3.63, 3.8) is 0 Å². The minimum Gasteiger partial charge on any atom is -0.326 e. The van der Waals surface area contributed by atoms with Crippen molar-refractivity contribution >= 4 is 37.9 Å². The zero-order valence-electron chi connectivity index (χ0n) is 16.4. The lowest BCUT2D eigenvalue weighted by molar-refractivity contribution is -0.114. The van der Waals surface area contributed by atoms with Gasteiger partial charge in [-0.05, 0) is 36.4 Å². The van der Waals surface area contributed by atoms with E-state index in [0.717, 1.165) is 5.69 Å². The van der Waals surface area contributed by atoms with Gasteiger partial charge in [0.2, 0.25) is 20.9 Å². The topological polar surface area (TPSA) is 105 Å². The van der Waals surface area contributed by atoms with Crippen molar-refractivity contribution in [1.82, 2.24) is 19.3 Å². The van der Waals surface area contributed by atoms with Gasteiger partial charge >= 0.3 is 0 Å². The van der Waals surface area contributed by atoms with Gasteiger partial charge in [-0.25, -0.2) is 22.0 Å². The van der Waals surface area contributed by atoms with Crippen molar-refractivity contribution < 1.29 is 17.6 Å². The Hall–Kier alpha value is -3.15. The lowest BCUT2D eigenvalue weighted by atomic mass is 10.2. The number of halogens is 1. The first-order valence-corrected chi connectivity index (χ1v) is 11.6. The number of anilines is 1. The Morgan fingerprint density at radius 2 is 1.97 bits per heavy atom. The average molecular weight is 460 g/mol. The van der Waals surface area contributed by atoms with Gasteiger partial charge in [0.1, 0.15) is 5.82 Å². The lowest BCUT2D eigenvalue weighted by Gasteiger charge is -2.08. The van der Waals surface area contributed by atoms with E-state index in [-0.39, 0.29) is 23.2 Å². The number of hydrogen-bond donors (Lipinski definition) is 2. The van der Waals surface area contributed by atoms with Crippen molar-refractivity contribution in [1.29, 1.82) is 0 Å². The molecule has 0 aliphatic carbocycles. The summed E-state index contributed by atoms with van der Waals surface area (Å²) in [7, 11) is -3.70. The van der Waals surface area contributed by atoms with Crippen molar-refractivity contribution in [2.75, 3.05) is 11.9 Å². The van der Waals surface area contributed by atoms with Crippen LogP contribution in [-0.4, -0.2) is 35.5 Å². The molecule has 2 heterocycles. The van der Waals surface area contributed by atoms with Crippen LogP contribution in [0.1, 0.15) is 12.6 Å². The fourth-order valence-corrected chi connectivity index (χ4v) is 4.85. The molecule has 31 heavy (non-hydrogen) atoms. The molecule has 4 rings (SSSR count). The van der Waals surface area contributed by atoms with Crippen molar-refractivity contribution in [3.8, 4) is 11.4 Å². The summed E-state index contributed by atoms with van der Waals surface area (Å²) in [5, 5.41) is 8.88. The van der Waals surface area contributed by atoms with E-state index in [9.17, 15) is 17.6 Å². The molecule has 0 aliphatic rings. The first kappa shape index (κ1) is 21.1. The molecule has 4 aromatic rings. The molecule has 160 valence electrons. The van der Waals surface area contributed by atoms with Crippen LogP contribution in [0.15, 0.2) is 58.8 Å². The molecule has 0 unspecified atom stereocenters. The summed E-state index contributed by atoms with van der Waals surface area (Å²) >= 11 is 1.38. The van der Waals surface area contributed by atoms with Gasteiger partial charge in [0.25, 0.3) is 0 Å². The predicted molar refractivity (Wildman–Crippen MR) is 116 cm³/mol. The number of sulfonamides is 1. The number of thiazole rings is 1. The molecular formula is C20H18FN5O3S2. The molecule has 0 fully saturated rings. The van der Waals surface area contributed by atoms with Gasteiger partial charge in [0, 0.05) is 36.5 Å². The molecule has 0 saturated carbocycles. The normalized spacial score (nSPS) is 11.7. The molecule has 0 spiro atoms. The first-order valence-electron chi connectivity index (χ1n) is 9.28. The minimum absolute atomic E-state index is 0.103. The highest BCUT2D eigenvalue weighted by Gasteiger charge is 2.16. The third-order valence-electron chi connectivity index (χ3n) is 4.39. The summed E-state index contributed by atoms with van der Waals surface area (Å²) in [6.45, 7) is 1.54. The van der Waals surface area contributed by atoms with Crippen molar-refractivity contribution in [2.24, 2.45) is 0 Å². The maximum atomic E-state index is 13.5. The third kappa shape index (κ3) is 4.79. The van der Waals surface area contributed by atoms with Crippen LogP contribution in [-0.2, 0) is 21.2 Å². The quantitative estimate of drug-likeness (QED) is 0.442. The fraction of sp³-hybridized carbons (Fsp3) is 0.150. The van der Waals surface area contributed by atoms with Gasteiger partial charge in [0.15, 0.2) is 5.82 Å². The van der Waals surface area contributed by atoms with Gasteiger partial charge in [0.05, 0.1) is 10.6 Å². The van der Waals surface area contributed by atoms with Gasteiger partial charge in [-0.15, -0.1) is 16.4 Å². The SMILES string of the molecule is CC(=O)Nc1ccc(S(=O)(=O)NCCc2csc3nc(-c4cccc(F)c4)nn23)cc1. The lowest BCUT2D eigenvalue weighted by Crippen LogP contribution is -2.26. The smallest absolute Gasteiger partial charge is 0.240 e. The first-order chi connectivity index (χ1) is 14.8. The summed E-state index contributed by atoms with van der Waals surface area (Å²) in [6.07, 6.45) is 0.398. The monoisotopic (exact) mass is 459 g/mol. The number of nitrogens with one attached hydrogen (secondary N) is 2. The van der Waals surface area contributed by atoms with E-state index in [1.54, 1.807) is 16.6 Å². The molecular weight excluding hydrogens is 441 g/mol. The standard InChI is InChI=1S/C20H18FN5O3S2/c1-13(27)23-16-5-7-18(8-6-16)31(28,29)22-10-9-17-12-30-20-24-19(25-26(17)20)14-3-2-4-15(21)11-14/h2-8,11-12,22H,9-10H2,1H3,(H,23,27). The zero-order chi connectivity index (χ0) is 22.0. The van der Waals surface area contributed by atoms with Crippen LogP contribution in [0.2, 0.25) is 0 Å². The highest BCUT2D eigenvalue weighted by Crippen LogP contribution is 2.22. The van der Waals surface area contributed by atoms with Crippen LogP contribution in [0.3, 0.4) is 0 Å². The second-order valence-corrected chi connectivity index (χ2v) is 9.32. The fourth-order valence-electron chi connectivity index (χ4n) is 2.96. The van der Waals surface area contributed by atoms with E-state index in [1.807, 2.05) is 5.38 Å². The third-order valence-corrected chi connectivity index (χ3v) is 6.73. The van der Waals surface area contributed by atoms with E-state index < -0.39 is 10.0 Å². The molecule has 1 amide bonds. The number of rotatable bonds is 7. The van der Waals surface area contributed by atoms with E-state index in [0.29, 0.717) is 28.5 Å². The Balaban J connectivity index is 1.44. The highest BCUT2D eigenvalue weighted by molar-refractivity contribution is 7.89. The Kier molecular flexibility index (Phi) is 5.81. The van der Waals surface area contributed by atoms with Crippen LogP contribution in [0, 0.1) is 5.82 Å². The van der Waals surface area contributed by atoms with Gasteiger partial charge < -0.3 is 5.32 Å². The average Bonchev–Trinajstić information content (AvgIpc) is 3.30. The Bertz CT molecular complexity index is 1350. The van der Waals surface area contributed by atoms with Crippen LogP contribution in [0.5, 0.6) is 0 Å². The number of fused-ring (bicyclic) bond motifs is 1. The van der Waals surface area contributed by atoms with Crippen LogP contribution in [0.4, 0.5) is 10.1 Å². The molecule has 0 aliphatic heterocycles. The second kappa shape index (κ2) is 8.53. The Morgan fingerprint density at radius 1 is 1.19 bits per heavy atom.